The van der Waals surface area contributed by atoms with Gasteiger partial charge in [0, 0.05) is 0 Å². The number of hydrogen-bond donors (Lipinski definition) is 2. The van der Waals surface area contributed by atoms with Crippen molar-refractivity contribution in [3.05, 3.63) is 29.3 Å². The number of nitrogens with one attached hydrogen (secondary N) is 1. The van der Waals surface area contributed by atoms with E-state index in [-0.39, 0.29) is 6.61 Å². The molecule has 0 heterocycles. The van der Waals surface area contributed by atoms with Gasteiger partial charge in [0.05, 0.1) is 0 Å². The van der Waals surface area contributed by atoms with Crippen molar-refractivity contribution in [1.29, 1.82) is 0 Å². The fourth-order valence-electron chi connectivity index (χ4n) is 1.45. The van der Waals surface area contributed by atoms with E-state index >= 15 is 0 Å². The molecule has 0 radical (unpaired) electrons. The molecular weight excluding hydrogens is 232 g/mol. The van der Waals surface area contributed by atoms with Crippen molar-refractivity contribution >= 4 is 11.9 Å². The average molecular weight is 250 g/mol. The average Bonchev–Trinajstić information content (AvgIpc) is 2.26. The Hall–Kier alpha value is -2.04. The number of carbonyl (C=O) groups is 2. The summed E-state index contributed by atoms with van der Waals surface area (Å²) in [7, 11) is 0. The topological polar surface area (TPSA) is 81.4 Å². The molecule has 0 unspecified atom stereocenters. The second-order valence-corrected chi connectivity index (χ2v) is 4.38. The second-order valence-electron chi connectivity index (χ2n) is 4.38. The minimum Gasteiger partial charge on any atom is -0.483 e. The van der Waals surface area contributed by atoms with Gasteiger partial charge < -0.3 is 10.5 Å². The van der Waals surface area contributed by atoms with E-state index in [9.17, 15) is 9.59 Å². The molecule has 5 nitrogen and oxygen atoms in total. The number of aryl methyl sites for hydroxylation is 1. The van der Waals surface area contributed by atoms with Gasteiger partial charge in [-0.1, -0.05) is 26.0 Å². The maximum absolute atomic E-state index is 11.2. The van der Waals surface area contributed by atoms with Crippen molar-refractivity contribution < 1.29 is 14.3 Å². The predicted molar refractivity (Wildman–Crippen MR) is 68.5 cm³/mol. The van der Waals surface area contributed by atoms with Crippen LogP contribution in [0.3, 0.4) is 0 Å². The van der Waals surface area contributed by atoms with E-state index in [4.69, 9.17) is 10.5 Å². The minimum atomic E-state index is -0.878. The number of carbonyl (C=O) groups excluding carboxylic acids is 2. The van der Waals surface area contributed by atoms with Gasteiger partial charge in [0.1, 0.15) is 5.75 Å². The Bertz CT molecular complexity index is 456. The molecule has 0 saturated heterocycles. The summed E-state index contributed by atoms with van der Waals surface area (Å²) < 4.78 is 5.37. The van der Waals surface area contributed by atoms with Crippen LogP contribution >= 0.6 is 0 Å². The van der Waals surface area contributed by atoms with Crippen LogP contribution < -0.4 is 15.8 Å². The lowest BCUT2D eigenvalue weighted by Crippen LogP contribution is -2.38. The lowest BCUT2D eigenvalue weighted by atomic mass is 10.0. The monoisotopic (exact) mass is 250 g/mol. The van der Waals surface area contributed by atoms with E-state index in [0.29, 0.717) is 11.7 Å². The largest absolute Gasteiger partial charge is 0.483 e. The van der Waals surface area contributed by atoms with Gasteiger partial charge in [0.2, 0.25) is 0 Å². The lowest BCUT2D eigenvalue weighted by molar-refractivity contribution is -0.121. The van der Waals surface area contributed by atoms with E-state index in [2.05, 4.69) is 13.8 Å². The number of ether oxygens (including phenoxy) is 1. The molecule has 0 saturated carbocycles. The molecule has 3 amide bonds. The normalized spacial score (nSPS) is 10.2. The van der Waals surface area contributed by atoms with Gasteiger partial charge in [0.15, 0.2) is 6.61 Å². The number of hydrogen-bond acceptors (Lipinski definition) is 3. The maximum Gasteiger partial charge on any atom is 0.318 e. The van der Waals surface area contributed by atoms with Crippen molar-refractivity contribution in [2.45, 2.75) is 26.7 Å². The highest BCUT2D eigenvalue weighted by Crippen LogP contribution is 2.24. The van der Waals surface area contributed by atoms with Crippen molar-refractivity contribution in [3.63, 3.8) is 0 Å². The number of primary amides is 1. The summed E-state index contributed by atoms with van der Waals surface area (Å²) in [6.45, 7) is 5.82. The Balaban J connectivity index is 2.69. The number of imide groups is 1. The van der Waals surface area contributed by atoms with Crippen molar-refractivity contribution in [3.8, 4) is 5.75 Å². The van der Waals surface area contributed by atoms with Gasteiger partial charge in [-0.3, -0.25) is 10.1 Å². The number of nitrogens with two attached hydrogens (primary N) is 1. The summed E-state index contributed by atoms with van der Waals surface area (Å²) in [4.78, 5) is 21.7. The Labute approximate surface area is 106 Å². The van der Waals surface area contributed by atoms with Crippen LogP contribution in [-0.4, -0.2) is 18.5 Å². The molecule has 0 atom stereocenters. The lowest BCUT2D eigenvalue weighted by Gasteiger charge is -2.12. The first-order valence-electron chi connectivity index (χ1n) is 5.72. The zero-order chi connectivity index (χ0) is 13.7. The number of amides is 3. The minimum absolute atomic E-state index is 0.231. The van der Waals surface area contributed by atoms with E-state index in [0.717, 1.165) is 11.1 Å². The molecule has 0 aliphatic rings. The van der Waals surface area contributed by atoms with E-state index in [1.165, 1.54) is 0 Å². The van der Waals surface area contributed by atoms with Gasteiger partial charge in [-0.15, -0.1) is 0 Å². The highest BCUT2D eigenvalue weighted by Gasteiger charge is 2.08. The standard InChI is InChI=1S/C13H18N2O3/c1-8(2)10-5-4-9(3)11(6-10)18-7-12(16)15-13(14)17/h4-6,8H,7H2,1-3H3,(H3,14,15,16,17). The Morgan fingerprint density at radius 2 is 2.06 bits per heavy atom. The van der Waals surface area contributed by atoms with Crippen molar-refractivity contribution in [2.75, 3.05) is 6.61 Å². The summed E-state index contributed by atoms with van der Waals surface area (Å²) in [6.07, 6.45) is 0. The summed E-state index contributed by atoms with van der Waals surface area (Å²) >= 11 is 0. The zero-order valence-electron chi connectivity index (χ0n) is 10.8. The highest BCUT2D eigenvalue weighted by molar-refractivity contribution is 5.94. The molecule has 0 bridgehead atoms. The quantitative estimate of drug-likeness (QED) is 0.853. The molecule has 1 rings (SSSR count). The SMILES string of the molecule is Cc1ccc(C(C)C)cc1OCC(=O)NC(N)=O. The van der Waals surface area contributed by atoms with Crippen molar-refractivity contribution in [2.24, 2.45) is 5.73 Å². The molecule has 1 aromatic rings. The molecule has 98 valence electrons. The fourth-order valence-corrected chi connectivity index (χ4v) is 1.45. The second kappa shape index (κ2) is 6.05. The van der Waals surface area contributed by atoms with Crippen molar-refractivity contribution in [1.82, 2.24) is 5.32 Å². The van der Waals surface area contributed by atoms with Crippen LogP contribution in [-0.2, 0) is 4.79 Å². The number of benzene rings is 1. The van der Waals surface area contributed by atoms with Crippen LogP contribution in [0.5, 0.6) is 5.75 Å². The molecule has 1 aromatic carbocycles. The zero-order valence-corrected chi connectivity index (χ0v) is 10.8. The van der Waals surface area contributed by atoms with Crippen LogP contribution in [0.2, 0.25) is 0 Å². The van der Waals surface area contributed by atoms with E-state index in [1.807, 2.05) is 30.4 Å². The molecule has 0 aliphatic heterocycles. The smallest absolute Gasteiger partial charge is 0.318 e. The molecule has 0 spiro atoms. The van der Waals surface area contributed by atoms with E-state index < -0.39 is 11.9 Å². The predicted octanol–water partition coefficient (Wildman–Crippen LogP) is 1.69. The molecule has 0 aromatic heterocycles. The van der Waals surface area contributed by atoms with Gasteiger partial charge in [-0.25, -0.2) is 4.79 Å². The first kappa shape index (κ1) is 14.0. The van der Waals surface area contributed by atoms with Gasteiger partial charge in [0.25, 0.3) is 5.91 Å². The molecule has 3 N–H and O–H groups in total. The van der Waals surface area contributed by atoms with Crippen LogP contribution in [0.15, 0.2) is 18.2 Å². The van der Waals surface area contributed by atoms with Crippen LogP contribution in [0.1, 0.15) is 30.9 Å². The Morgan fingerprint density at radius 3 is 2.61 bits per heavy atom. The summed E-state index contributed by atoms with van der Waals surface area (Å²) in [5, 5.41) is 1.94. The molecule has 5 heteroatoms. The van der Waals surface area contributed by atoms with Crippen LogP contribution in [0.25, 0.3) is 0 Å². The number of rotatable bonds is 4. The first-order chi connectivity index (χ1) is 8.40. The Kier molecular flexibility index (Phi) is 4.71. The maximum atomic E-state index is 11.2. The molecule has 18 heavy (non-hydrogen) atoms. The number of urea groups is 1. The third-order valence-electron chi connectivity index (χ3n) is 2.50. The first-order valence-corrected chi connectivity index (χ1v) is 5.72. The highest BCUT2D eigenvalue weighted by atomic mass is 16.5. The third-order valence-corrected chi connectivity index (χ3v) is 2.50. The summed E-state index contributed by atoms with van der Waals surface area (Å²) in [5.74, 6) is 0.463. The van der Waals surface area contributed by atoms with Gasteiger partial charge in [-0.05, 0) is 30.0 Å². The van der Waals surface area contributed by atoms with Gasteiger partial charge in [-0.2, -0.15) is 0 Å². The van der Waals surface area contributed by atoms with Gasteiger partial charge >= 0.3 is 6.03 Å². The Morgan fingerprint density at radius 1 is 1.39 bits per heavy atom. The summed E-state index contributed by atoms with van der Waals surface area (Å²) in [6, 6.07) is 4.99. The van der Waals surface area contributed by atoms with Crippen LogP contribution in [0, 0.1) is 6.92 Å². The van der Waals surface area contributed by atoms with Crippen LogP contribution in [0.4, 0.5) is 4.79 Å². The summed E-state index contributed by atoms with van der Waals surface area (Å²) in [5.41, 5.74) is 6.90. The fraction of sp³-hybridized carbons (Fsp3) is 0.385. The third kappa shape index (κ3) is 4.08. The molecule has 0 fully saturated rings. The van der Waals surface area contributed by atoms with E-state index in [1.54, 1.807) is 0 Å². The molecule has 0 aliphatic carbocycles. The molecular formula is C13H18N2O3.